The van der Waals surface area contributed by atoms with E-state index in [2.05, 4.69) is 30.7 Å². The van der Waals surface area contributed by atoms with Gasteiger partial charge in [0.2, 0.25) is 11.8 Å². The predicted octanol–water partition coefficient (Wildman–Crippen LogP) is 3.51. The molecule has 3 amide bonds. The smallest absolute Gasteiger partial charge is 0.408 e. The van der Waals surface area contributed by atoms with Crippen molar-refractivity contribution < 1.29 is 33.4 Å². The van der Waals surface area contributed by atoms with E-state index < -0.39 is 36.0 Å². The molecule has 12 nitrogen and oxygen atoms in total. The van der Waals surface area contributed by atoms with Crippen molar-refractivity contribution in [1.82, 2.24) is 25.9 Å². The van der Waals surface area contributed by atoms with Crippen LogP contribution in [0.5, 0.6) is 5.75 Å². The predicted molar refractivity (Wildman–Crippen MR) is 171 cm³/mol. The Hall–Kier alpha value is -5.78. The van der Waals surface area contributed by atoms with Crippen molar-refractivity contribution in [2.24, 2.45) is 0 Å². The fourth-order valence-electron chi connectivity index (χ4n) is 5.24. The van der Waals surface area contributed by atoms with E-state index in [1.165, 1.54) is 7.11 Å². The van der Waals surface area contributed by atoms with Crippen molar-refractivity contribution in [3.8, 4) is 5.75 Å². The lowest BCUT2D eigenvalue weighted by molar-refractivity contribution is -0.141. The average Bonchev–Trinajstić information content (AvgIpc) is 3.69. The van der Waals surface area contributed by atoms with Gasteiger partial charge in [-0.05, 0) is 34.9 Å². The maximum Gasteiger partial charge on any atom is 0.408 e. The first-order valence-corrected chi connectivity index (χ1v) is 14.7. The van der Waals surface area contributed by atoms with Gasteiger partial charge in [-0.25, -0.2) is 4.79 Å². The van der Waals surface area contributed by atoms with Gasteiger partial charge in [-0.3, -0.25) is 14.4 Å². The molecule has 0 fully saturated rings. The molecule has 238 valence electrons. The van der Waals surface area contributed by atoms with E-state index in [1.54, 1.807) is 25.6 Å². The molecular formula is C34H35N5O7. The van der Waals surface area contributed by atoms with Crippen molar-refractivity contribution in [2.75, 3.05) is 20.8 Å². The second-order valence-corrected chi connectivity index (χ2v) is 10.6. The number of amides is 3. The molecule has 0 saturated heterocycles. The number of para-hydroxylation sites is 1. The van der Waals surface area contributed by atoms with Gasteiger partial charge in [-0.1, -0.05) is 54.6 Å². The molecule has 0 aliphatic carbocycles. The number of hydrogen-bond donors (Lipinski definition) is 5. The zero-order chi connectivity index (χ0) is 32.5. The number of benzene rings is 3. The summed E-state index contributed by atoms with van der Waals surface area (Å²) in [7, 11) is 2.76. The van der Waals surface area contributed by atoms with E-state index in [0.29, 0.717) is 11.3 Å². The third kappa shape index (κ3) is 7.65. The monoisotopic (exact) mass is 625 g/mol. The summed E-state index contributed by atoms with van der Waals surface area (Å²) < 4.78 is 15.6. The zero-order valence-corrected chi connectivity index (χ0v) is 25.4. The summed E-state index contributed by atoms with van der Waals surface area (Å²) in [4.78, 5) is 58.5. The molecule has 0 spiro atoms. The van der Waals surface area contributed by atoms with Gasteiger partial charge in [0, 0.05) is 47.0 Å². The third-order valence-electron chi connectivity index (χ3n) is 7.58. The van der Waals surface area contributed by atoms with E-state index in [4.69, 9.17) is 9.47 Å². The van der Waals surface area contributed by atoms with Crippen LogP contribution in [0.15, 0.2) is 85.2 Å². The van der Waals surface area contributed by atoms with E-state index in [-0.39, 0.29) is 26.0 Å². The number of nitrogens with one attached hydrogen (secondary N) is 5. The SMILES string of the molecule is COC(=O)CNC(=O)[C@H](Cc1c[nH]c2cccc(OC)c12)NC(=O)[C@H](Cc1c[nH]c2ccccc12)NC(=O)OCc1ccccc1. The van der Waals surface area contributed by atoms with Gasteiger partial charge in [0.05, 0.1) is 14.2 Å². The van der Waals surface area contributed by atoms with Crippen molar-refractivity contribution in [1.29, 1.82) is 0 Å². The van der Waals surface area contributed by atoms with Crippen LogP contribution >= 0.6 is 0 Å². The molecule has 2 aromatic heterocycles. The van der Waals surface area contributed by atoms with Gasteiger partial charge >= 0.3 is 12.1 Å². The number of fused-ring (bicyclic) bond motifs is 2. The summed E-state index contributed by atoms with van der Waals surface area (Å²) in [6, 6.07) is 20.0. The summed E-state index contributed by atoms with van der Waals surface area (Å²) in [5, 5.41) is 9.65. The molecule has 0 aliphatic heterocycles. The summed E-state index contributed by atoms with van der Waals surface area (Å²) in [6.07, 6.45) is 2.88. The number of aromatic amines is 2. The molecule has 5 aromatic rings. The molecule has 46 heavy (non-hydrogen) atoms. The number of carbonyl (C=O) groups excluding carboxylic acids is 4. The molecule has 5 rings (SSSR count). The Balaban J connectivity index is 1.40. The second-order valence-electron chi connectivity index (χ2n) is 10.6. The van der Waals surface area contributed by atoms with Crippen LogP contribution in [-0.2, 0) is 43.3 Å². The largest absolute Gasteiger partial charge is 0.496 e. The number of rotatable bonds is 13. The van der Waals surface area contributed by atoms with E-state index in [9.17, 15) is 19.2 Å². The van der Waals surface area contributed by atoms with Crippen LogP contribution in [0.25, 0.3) is 21.8 Å². The molecule has 12 heteroatoms. The van der Waals surface area contributed by atoms with Crippen LogP contribution in [0.1, 0.15) is 16.7 Å². The average molecular weight is 626 g/mol. The van der Waals surface area contributed by atoms with Gasteiger partial charge in [0.15, 0.2) is 0 Å². The summed E-state index contributed by atoms with van der Waals surface area (Å²) in [5.74, 6) is -1.28. The Kier molecular flexibility index (Phi) is 10.2. The summed E-state index contributed by atoms with van der Waals surface area (Å²) in [5.41, 5.74) is 3.93. The molecule has 0 unspecified atom stereocenters. The lowest BCUT2D eigenvalue weighted by Gasteiger charge is -2.23. The number of aromatic nitrogens is 2. The highest BCUT2D eigenvalue weighted by Crippen LogP contribution is 2.29. The van der Waals surface area contributed by atoms with Gasteiger partial charge < -0.3 is 40.1 Å². The normalized spacial score (nSPS) is 12.2. The highest BCUT2D eigenvalue weighted by atomic mass is 16.5. The fourth-order valence-corrected chi connectivity index (χ4v) is 5.24. The maximum atomic E-state index is 13.9. The van der Waals surface area contributed by atoms with Crippen LogP contribution < -0.4 is 20.7 Å². The van der Waals surface area contributed by atoms with Crippen molar-refractivity contribution >= 4 is 45.7 Å². The van der Waals surface area contributed by atoms with Gasteiger partial charge in [-0.15, -0.1) is 0 Å². The summed E-state index contributed by atoms with van der Waals surface area (Å²) in [6.45, 7) is -0.378. The lowest BCUT2D eigenvalue weighted by Crippen LogP contribution is -2.55. The van der Waals surface area contributed by atoms with Gasteiger partial charge in [0.25, 0.3) is 0 Å². The zero-order valence-electron chi connectivity index (χ0n) is 25.4. The molecule has 5 N–H and O–H groups in total. The molecule has 0 radical (unpaired) electrons. The number of hydrogen-bond acceptors (Lipinski definition) is 7. The van der Waals surface area contributed by atoms with Gasteiger partial charge in [0.1, 0.15) is 31.0 Å². The standard InChI is InChI=1S/C34H35N5O7/c1-44-29-14-8-13-26-31(29)23(18-36-26)16-27(32(41)37-19-30(40)45-2)38-33(42)28(15-22-17-35-25-12-7-6-11-24(22)25)39-34(43)46-20-21-9-4-3-5-10-21/h3-14,17-18,27-28,35-36H,15-16,19-20H2,1-2H3,(H,37,41)(H,38,42)(H,39,43)/t27-,28-/m0/s1. The Bertz CT molecular complexity index is 1830. The Morgan fingerprint density at radius 3 is 2.20 bits per heavy atom. The Labute approximate surface area is 264 Å². The Morgan fingerprint density at radius 1 is 0.739 bits per heavy atom. The third-order valence-corrected chi connectivity index (χ3v) is 7.58. The number of methoxy groups -OCH3 is 2. The lowest BCUT2D eigenvalue weighted by atomic mass is 10.0. The molecule has 2 heterocycles. The molecular weight excluding hydrogens is 590 g/mol. The van der Waals surface area contributed by atoms with Gasteiger partial charge in [-0.2, -0.15) is 0 Å². The quantitative estimate of drug-likeness (QED) is 0.125. The minimum Gasteiger partial charge on any atom is -0.496 e. The van der Waals surface area contributed by atoms with E-state index >= 15 is 0 Å². The first-order chi connectivity index (χ1) is 22.4. The first kappa shape index (κ1) is 31.6. The van der Waals surface area contributed by atoms with Crippen LogP contribution in [0, 0.1) is 0 Å². The van der Waals surface area contributed by atoms with Crippen LogP contribution in [0.4, 0.5) is 4.79 Å². The molecule has 0 aliphatic rings. The minimum atomic E-state index is -1.13. The molecule has 0 bridgehead atoms. The number of H-pyrrole nitrogens is 2. The highest BCUT2D eigenvalue weighted by Gasteiger charge is 2.29. The van der Waals surface area contributed by atoms with Crippen molar-refractivity contribution in [3.05, 3.63) is 102 Å². The molecule has 0 saturated carbocycles. The molecule has 3 aromatic carbocycles. The number of ether oxygens (including phenoxy) is 3. The van der Waals surface area contributed by atoms with Crippen molar-refractivity contribution in [3.63, 3.8) is 0 Å². The minimum absolute atomic E-state index is 0.00898. The topological polar surface area (TPSA) is 164 Å². The second kappa shape index (κ2) is 14.8. The number of alkyl carbamates (subject to hydrolysis) is 1. The molecule has 2 atom stereocenters. The highest BCUT2D eigenvalue weighted by molar-refractivity contribution is 5.95. The Morgan fingerprint density at radius 2 is 1.41 bits per heavy atom. The first-order valence-electron chi connectivity index (χ1n) is 14.7. The summed E-state index contributed by atoms with van der Waals surface area (Å²) >= 11 is 0. The number of carbonyl (C=O) groups is 4. The van der Waals surface area contributed by atoms with Crippen LogP contribution in [0.3, 0.4) is 0 Å². The van der Waals surface area contributed by atoms with Crippen LogP contribution in [0.2, 0.25) is 0 Å². The number of esters is 1. The van der Waals surface area contributed by atoms with E-state index in [1.807, 2.05) is 66.7 Å². The van der Waals surface area contributed by atoms with Crippen molar-refractivity contribution in [2.45, 2.75) is 31.5 Å². The van der Waals surface area contributed by atoms with Crippen LogP contribution in [-0.4, -0.2) is 66.7 Å². The van der Waals surface area contributed by atoms with E-state index in [0.717, 1.165) is 32.9 Å². The maximum absolute atomic E-state index is 13.9. The fraction of sp³-hybridized carbons (Fsp3) is 0.235.